The van der Waals surface area contributed by atoms with Crippen LogP contribution in [0, 0.1) is 11.8 Å². The van der Waals surface area contributed by atoms with Gasteiger partial charge in [0, 0.05) is 44.7 Å². The molecule has 75 heavy (non-hydrogen) atoms. The van der Waals surface area contributed by atoms with Crippen LogP contribution in [0.3, 0.4) is 0 Å². The van der Waals surface area contributed by atoms with E-state index in [1.54, 1.807) is 0 Å². The van der Waals surface area contributed by atoms with Gasteiger partial charge in [0.05, 0.1) is 36.9 Å². The number of benzene rings is 1. The van der Waals surface area contributed by atoms with Crippen LogP contribution < -0.4 is 32.3 Å². The Kier molecular flexibility index (Phi) is 24.6. The zero-order valence-electron chi connectivity index (χ0n) is 43.5. The number of nitrogens with one attached hydrogen (secondary N) is 5. The first-order chi connectivity index (χ1) is 35.4. The van der Waals surface area contributed by atoms with Gasteiger partial charge in [-0.05, 0) is 37.0 Å². The van der Waals surface area contributed by atoms with Crippen LogP contribution >= 0.6 is 0 Å². The number of primary amides is 1. The van der Waals surface area contributed by atoms with Crippen LogP contribution in [0.25, 0.3) is 0 Å². The first-order valence-corrected chi connectivity index (χ1v) is 26.4. The lowest BCUT2D eigenvalue weighted by Crippen LogP contribution is -2.64. The van der Waals surface area contributed by atoms with Gasteiger partial charge in [-0.25, -0.2) is 0 Å². The first-order valence-electron chi connectivity index (χ1n) is 26.4. The molecule has 15 N–H and O–H groups in total. The van der Waals surface area contributed by atoms with Crippen molar-refractivity contribution in [3.63, 3.8) is 0 Å². The van der Waals surface area contributed by atoms with Crippen LogP contribution in [0.4, 0.5) is 0 Å². The summed E-state index contributed by atoms with van der Waals surface area (Å²) < 4.78 is 0. The van der Waals surface area contributed by atoms with Gasteiger partial charge in [0.25, 0.3) is 0 Å². The number of aromatic hydroxyl groups is 1. The number of amides is 8. The van der Waals surface area contributed by atoms with Crippen molar-refractivity contribution in [2.45, 2.75) is 210 Å². The Morgan fingerprint density at radius 3 is 1.91 bits per heavy atom. The molecule has 3 heterocycles. The van der Waals surface area contributed by atoms with E-state index in [0.717, 1.165) is 54.7 Å². The molecule has 0 aromatic heterocycles. The highest BCUT2D eigenvalue weighted by atomic mass is 16.3. The highest BCUT2D eigenvalue weighted by Crippen LogP contribution is 2.27. The van der Waals surface area contributed by atoms with Crippen molar-refractivity contribution >= 4 is 47.3 Å². The molecule has 0 saturated carbocycles. The molecule has 3 aliphatic rings. The van der Waals surface area contributed by atoms with Gasteiger partial charge < -0.3 is 83.0 Å². The van der Waals surface area contributed by atoms with Crippen molar-refractivity contribution in [1.82, 2.24) is 36.4 Å². The van der Waals surface area contributed by atoms with Crippen molar-refractivity contribution in [1.29, 1.82) is 0 Å². The molecule has 3 aliphatic heterocycles. The van der Waals surface area contributed by atoms with Gasteiger partial charge in [-0.2, -0.15) is 0 Å². The number of aliphatic hydroxyl groups is 7. The van der Waals surface area contributed by atoms with Crippen molar-refractivity contribution < 1.29 is 79.2 Å². The number of aliphatic hydroxyl groups excluding tert-OH is 7. The van der Waals surface area contributed by atoms with E-state index in [4.69, 9.17) is 5.73 Å². The number of rotatable bonds is 21. The molecule has 0 spiro atoms. The lowest BCUT2D eigenvalue weighted by atomic mass is 9.98. The monoisotopic (exact) mass is 1060 g/mol. The fraction of sp³-hybridized carbons (Fsp3) is 0.725. The normalized spacial score (nSPS) is 29.1. The lowest BCUT2D eigenvalue weighted by Gasteiger charge is -2.34. The minimum Gasteiger partial charge on any atom is -0.508 e. The average Bonchev–Trinajstić information content (AvgIpc) is 3.89. The number of phenols is 1. The smallest absolute Gasteiger partial charge is 0.248 e. The fourth-order valence-electron chi connectivity index (χ4n) is 10.00. The zero-order chi connectivity index (χ0) is 55.7. The topological polar surface area (TPSA) is 391 Å². The summed E-state index contributed by atoms with van der Waals surface area (Å²) in [5.41, 5.74) is 5.69. The number of hydrogen-bond donors (Lipinski definition) is 14. The van der Waals surface area contributed by atoms with E-state index >= 15 is 0 Å². The second kappa shape index (κ2) is 29.7. The summed E-state index contributed by atoms with van der Waals surface area (Å²) in [5.74, 6) is -9.43. The molecule has 1 aromatic carbocycles. The van der Waals surface area contributed by atoms with E-state index in [0.29, 0.717) is 18.4 Å². The van der Waals surface area contributed by atoms with Crippen LogP contribution in [0.2, 0.25) is 0 Å². The summed E-state index contributed by atoms with van der Waals surface area (Å²) in [6, 6.07) is -6.08. The minimum absolute atomic E-state index is 0.0611. The maximum atomic E-state index is 14.5. The van der Waals surface area contributed by atoms with Gasteiger partial charge >= 0.3 is 0 Å². The number of carbonyl (C=O) groups is 8. The number of nitrogens with two attached hydrogens (primary N) is 1. The minimum atomic E-state index is -2.26. The number of fused-ring (bicyclic) bond motifs is 2. The van der Waals surface area contributed by atoms with Gasteiger partial charge in [-0.15, -0.1) is 0 Å². The molecule has 422 valence electrons. The first kappa shape index (κ1) is 62.0. The van der Waals surface area contributed by atoms with Crippen LogP contribution in [0.1, 0.15) is 130 Å². The predicted molar refractivity (Wildman–Crippen MR) is 269 cm³/mol. The highest BCUT2D eigenvalue weighted by molar-refractivity contribution is 5.98. The molecule has 4 rings (SSSR count). The van der Waals surface area contributed by atoms with Gasteiger partial charge in [-0.1, -0.05) is 97.1 Å². The molecule has 24 nitrogen and oxygen atoms in total. The number of carbonyl (C=O) groups excluding carboxylic acids is 8. The van der Waals surface area contributed by atoms with Gasteiger partial charge in [-0.3, -0.25) is 38.4 Å². The maximum absolute atomic E-state index is 14.5. The largest absolute Gasteiger partial charge is 0.508 e. The van der Waals surface area contributed by atoms with Gasteiger partial charge in [0.2, 0.25) is 47.3 Å². The summed E-state index contributed by atoms with van der Waals surface area (Å²) in [5, 5.41) is 99.9. The molecule has 0 bridgehead atoms. The molecule has 24 heteroatoms. The molecule has 15 atom stereocenters. The van der Waals surface area contributed by atoms with Crippen molar-refractivity contribution in [2.75, 3.05) is 13.1 Å². The fourth-order valence-corrected chi connectivity index (χ4v) is 10.00. The zero-order valence-corrected chi connectivity index (χ0v) is 43.5. The number of nitrogens with zero attached hydrogens (tertiary/aromatic N) is 2. The number of unbranched alkanes of at least 4 members (excludes halogenated alkanes) is 7. The third-order valence-electron chi connectivity index (χ3n) is 14.3. The van der Waals surface area contributed by atoms with Crippen LogP contribution in [-0.2, 0) is 44.8 Å². The SMILES string of the molecule is CCCC(C)CCCCCCCCCCC(=O)NC1CC(O)C(O)NC(=O)C2C(O)C(C)CN2C(=O)C(C(O)CC(N)=O)NC(=O)C(C(O)Cc2ccc(O)cc2)NC(=O)C2CC(O)CN2C(=O)C(C(C)O)NC1=O. The number of phenolic OH excluding ortho intramolecular Hbond substituents is 1. The Morgan fingerprint density at radius 1 is 0.707 bits per heavy atom. The third kappa shape index (κ3) is 18.3. The van der Waals surface area contributed by atoms with Crippen molar-refractivity contribution in [3.05, 3.63) is 29.8 Å². The Balaban J connectivity index is 1.68. The van der Waals surface area contributed by atoms with E-state index in [2.05, 4.69) is 40.4 Å². The third-order valence-corrected chi connectivity index (χ3v) is 14.3. The molecular weight excluding hydrogens is 981 g/mol. The molecular formula is C51H82N8O16. The quantitative estimate of drug-likeness (QED) is 0.0569. The molecule has 3 saturated heterocycles. The second-order valence-corrected chi connectivity index (χ2v) is 20.8. The standard InChI is InChI=1S/C51H82N8O16/c1-5-14-27(2)15-12-10-8-6-7-9-11-13-16-39(67)53-33-23-37(65)47(71)57-49(73)43-44(68)28(3)25-59(43)51(75)42(36(64)24-38(52)66)56-48(72)41(35(63)21-30-17-19-31(61)20-18-30)55-46(70)34-22-32(62)26-58(34)50(74)40(29(4)60)54-45(33)69/h17-20,27-29,32-37,40-44,47,60-65,68,71H,5-16,21-26H2,1-4H3,(H2,52,66)(H,53,67)(H,54,69)(H,55,70)(H,56,72)(H,57,73). The van der Waals surface area contributed by atoms with Crippen LogP contribution in [-0.4, -0.2) is 190 Å². The lowest BCUT2D eigenvalue weighted by molar-refractivity contribution is -0.148. The molecule has 0 aliphatic carbocycles. The Hall–Kier alpha value is -5.50. The molecule has 1 aromatic rings. The Bertz CT molecular complexity index is 2080. The molecule has 8 amide bonds. The number of hydrogen-bond acceptors (Lipinski definition) is 16. The maximum Gasteiger partial charge on any atom is 0.248 e. The van der Waals surface area contributed by atoms with Crippen molar-refractivity contribution in [2.24, 2.45) is 17.6 Å². The summed E-state index contributed by atoms with van der Waals surface area (Å²) in [6.45, 7) is 6.09. The van der Waals surface area contributed by atoms with E-state index in [1.165, 1.54) is 56.9 Å². The van der Waals surface area contributed by atoms with E-state index < -0.39 is 171 Å². The van der Waals surface area contributed by atoms with Crippen LogP contribution in [0.5, 0.6) is 5.75 Å². The Labute approximate surface area is 437 Å². The molecule has 3 fully saturated rings. The van der Waals surface area contributed by atoms with Crippen LogP contribution in [0.15, 0.2) is 24.3 Å². The van der Waals surface area contributed by atoms with Crippen molar-refractivity contribution in [3.8, 4) is 5.75 Å². The molecule has 0 radical (unpaired) electrons. The van der Waals surface area contributed by atoms with Gasteiger partial charge in [0.15, 0.2) is 6.23 Å². The summed E-state index contributed by atoms with van der Waals surface area (Å²) >= 11 is 0. The summed E-state index contributed by atoms with van der Waals surface area (Å²) in [4.78, 5) is 113. The highest BCUT2D eigenvalue weighted by Gasteiger charge is 2.50. The van der Waals surface area contributed by atoms with E-state index in [1.807, 2.05) is 0 Å². The summed E-state index contributed by atoms with van der Waals surface area (Å²) in [6.07, 6.45) is -4.77. The van der Waals surface area contributed by atoms with E-state index in [9.17, 15) is 79.2 Å². The summed E-state index contributed by atoms with van der Waals surface area (Å²) in [7, 11) is 0. The van der Waals surface area contributed by atoms with E-state index in [-0.39, 0.29) is 12.2 Å². The average molecular weight is 1060 g/mol. The Morgan fingerprint density at radius 2 is 1.29 bits per heavy atom. The van der Waals surface area contributed by atoms with Gasteiger partial charge in [0.1, 0.15) is 48.1 Å². The second-order valence-electron chi connectivity index (χ2n) is 20.8. The predicted octanol–water partition coefficient (Wildman–Crippen LogP) is -2.44. The molecule has 15 unspecified atom stereocenters.